The second kappa shape index (κ2) is 7.85. The molecule has 0 radical (unpaired) electrons. The molecule has 0 aromatic carbocycles. The molecule has 4 aromatic rings. The summed E-state index contributed by atoms with van der Waals surface area (Å²) in [4.78, 5) is 13.7. The van der Waals surface area contributed by atoms with E-state index in [0.717, 1.165) is 33.9 Å². The Kier molecular flexibility index (Phi) is 4.94. The van der Waals surface area contributed by atoms with E-state index in [-0.39, 0.29) is 6.61 Å². The molecule has 0 unspecified atom stereocenters. The molecule has 4 rings (SSSR count). The van der Waals surface area contributed by atoms with Crippen LogP contribution < -0.4 is 4.57 Å². The highest BCUT2D eigenvalue weighted by Crippen LogP contribution is 2.28. The molecule has 0 amide bonds. The summed E-state index contributed by atoms with van der Waals surface area (Å²) >= 11 is 0. The van der Waals surface area contributed by atoms with E-state index in [0.29, 0.717) is 6.54 Å². The number of aliphatic hydroxyl groups excluding tert-OH is 1. The highest BCUT2D eigenvalue weighted by molar-refractivity contribution is 5.74. The Bertz CT molecular complexity index is 961. The number of nitrogens with zero attached hydrogens (tertiary/aromatic N) is 4. The van der Waals surface area contributed by atoms with Crippen LogP contribution in [-0.2, 0) is 6.54 Å². The van der Waals surface area contributed by atoms with E-state index in [9.17, 15) is 0 Å². The van der Waals surface area contributed by atoms with Gasteiger partial charge in [0.15, 0.2) is 18.9 Å². The molecule has 0 atom stereocenters. The van der Waals surface area contributed by atoms with Crippen LogP contribution in [0.4, 0.5) is 0 Å². The molecule has 0 aliphatic carbocycles. The maximum atomic E-state index is 9.09. The van der Waals surface area contributed by atoms with Gasteiger partial charge in [0.1, 0.15) is 6.61 Å². The molecule has 27 heavy (non-hydrogen) atoms. The number of hydrogen-bond acceptors (Lipinski definition) is 4. The molecule has 5 nitrogen and oxygen atoms in total. The van der Waals surface area contributed by atoms with Crippen molar-refractivity contribution in [1.82, 2.24) is 15.0 Å². The SMILES string of the molecule is OCC[n+]1ccc(-c2cc(-c3ccccn3)nc(-c3ccccn3)c2)cc1. The molecule has 1 N–H and O–H groups in total. The fourth-order valence-corrected chi connectivity index (χ4v) is 2.90. The fraction of sp³-hybridized carbons (Fsp3) is 0.0909. The van der Waals surface area contributed by atoms with Crippen LogP contribution in [0.1, 0.15) is 0 Å². The number of aromatic nitrogens is 4. The summed E-state index contributed by atoms with van der Waals surface area (Å²) in [7, 11) is 0. The van der Waals surface area contributed by atoms with Gasteiger partial charge in [-0.1, -0.05) is 12.1 Å². The van der Waals surface area contributed by atoms with Crippen molar-refractivity contribution < 1.29 is 9.67 Å². The summed E-state index contributed by atoms with van der Waals surface area (Å²) in [5.41, 5.74) is 5.37. The van der Waals surface area contributed by atoms with Crippen LogP contribution in [0.5, 0.6) is 0 Å². The summed E-state index contributed by atoms with van der Waals surface area (Å²) < 4.78 is 1.95. The van der Waals surface area contributed by atoms with E-state index in [1.807, 2.05) is 77.6 Å². The third-order valence-corrected chi connectivity index (χ3v) is 4.26. The standard InChI is InChI=1S/C22H19N4O/c27-14-13-26-11-7-17(8-12-26)18-15-21(19-5-1-3-9-23-19)25-22(16-18)20-6-2-4-10-24-20/h1-12,15-16,27H,13-14H2/q+1. The van der Waals surface area contributed by atoms with Gasteiger partial charge in [-0.05, 0) is 47.5 Å². The third-order valence-electron chi connectivity index (χ3n) is 4.26. The Morgan fingerprint density at radius 1 is 0.704 bits per heavy atom. The number of aliphatic hydroxyl groups is 1. The Balaban J connectivity index is 1.83. The Morgan fingerprint density at radius 3 is 1.78 bits per heavy atom. The van der Waals surface area contributed by atoms with Gasteiger partial charge in [-0.15, -0.1) is 0 Å². The quantitative estimate of drug-likeness (QED) is 0.559. The molecule has 0 saturated heterocycles. The van der Waals surface area contributed by atoms with Crippen LogP contribution in [0.15, 0.2) is 85.5 Å². The zero-order valence-electron chi connectivity index (χ0n) is 14.7. The highest BCUT2D eigenvalue weighted by atomic mass is 16.3. The Hall–Kier alpha value is -3.44. The number of hydrogen-bond donors (Lipinski definition) is 1. The Labute approximate surface area is 157 Å². The van der Waals surface area contributed by atoms with Gasteiger partial charge in [-0.3, -0.25) is 9.97 Å². The van der Waals surface area contributed by atoms with Crippen LogP contribution in [-0.4, -0.2) is 26.7 Å². The highest BCUT2D eigenvalue weighted by Gasteiger charge is 2.11. The van der Waals surface area contributed by atoms with Crippen molar-refractivity contribution >= 4 is 0 Å². The molecular formula is C22H19N4O+. The normalized spacial score (nSPS) is 10.7. The van der Waals surface area contributed by atoms with Gasteiger partial charge >= 0.3 is 0 Å². The fourth-order valence-electron chi connectivity index (χ4n) is 2.90. The molecule has 4 aromatic heterocycles. The monoisotopic (exact) mass is 355 g/mol. The molecule has 0 aliphatic heterocycles. The van der Waals surface area contributed by atoms with Gasteiger partial charge in [-0.2, -0.15) is 0 Å². The van der Waals surface area contributed by atoms with E-state index >= 15 is 0 Å². The zero-order valence-corrected chi connectivity index (χ0v) is 14.7. The molecule has 0 fully saturated rings. The van der Waals surface area contributed by atoms with Gasteiger partial charge in [0.2, 0.25) is 0 Å². The van der Waals surface area contributed by atoms with Crippen molar-refractivity contribution in [2.45, 2.75) is 6.54 Å². The minimum absolute atomic E-state index is 0.118. The van der Waals surface area contributed by atoms with Crippen LogP contribution in [0.2, 0.25) is 0 Å². The van der Waals surface area contributed by atoms with E-state index in [1.165, 1.54) is 0 Å². The summed E-state index contributed by atoms with van der Waals surface area (Å²) in [6.07, 6.45) is 7.47. The zero-order chi connectivity index (χ0) is 18.5. The summed E-state index contributed by atoms with van der Waals surface area (Å²) in [6.45, 7) is 0.696. The first kappa shape index (κ1) is 17.0. The number of rotatable bonds is 5. The maximum absolute atomic E-state index is 9.09. The lowest BCUT2D eigenvalue weighted by atomic mass is 10.0. The van der Waals surface area contributed by atoms with Gasteiger partial charge in [-0.25, -0.2) is 9.55 Å². The average molecular weight is 355 g/mol. The molecule has 0 saturated carbocycles. The molecular weight excluding hydrogens is 336 g/mol. The smallest absolute Gasteiger partial charge is 0.171 e. The minimum atomic E-state index is 0.118. The largest absolute Gasteiger partial charge is 0.390 e. The lowest BCUT2D eigenvalue weighted by Gasteiger charge is -2.09. The molecule has 4 heterocycles. The van der Waals surface area contributed by atoms with Crippen LogP contribution in [0.25, 0.3) is 33.9 Å². The minimum Gasteiger partial charge on any atom is -0.390 e. The first-order chi connectivity index (χ1) is 13.3. The molecule has 0 spiro atoms. The second-order valence-corrected chi connectivity index (χ2v) is 6.10. The Morgan fingerprint density at radius 2 is 1.30 bits per heavy atom. The van der Waals surface area contributed by atoms with Crippen molar-refractivity contribution in [1.29, 1.82) is 0 Å². The summed E-state index contributed by atoms with van der Waals surface area (Å²) in [6, 6.07) is 19.8. The lowest BCUT2D eigenvalue weighted by molar-refractivity contribution is -0.698. The van der Waals surface area contributed by atoms with Crippen molar-refractivity contribution in [3.63, 3.8) is 0 Å². The van der Waals surface area contributed by atoms with Crippen molar-refractivity contribution in [3.05, 3.63) is 85.5 Å². The van der Waals surface area contributed by atoms with Crippen LogP contribution in [0, 0.1) is 0 Å². The summed E-state index contributed by atoms with van der Waals surface area (Å²) in [5.74, 6) is 0. The average Bonchev–Trinajstić information content (AvgIpc) is 2.75. The first-order valence-corrected chi connectivity index (χ1v) is 8.79. The van der Waals surface area contributed by atoms with Gasteiger partial charge in [0, 0.05) is 24.5 Å². The van der Waals surface area contributed by atoms with Gasteiger partial charge in [0.05, 0.1) is 22.8 Å². The second-order valence-electron chi connectivity index (χ2n) is 6.10. The predicted molar refractivity (Wildman–Crippen MR) is 103 cm³/mol. The van der Waals surface area contributed by atoms with E-state index in [1.54, 1.807) is 12.4 Å². The topological polar surface area (TPSA) is 62.8 Å². The van der Waals surface area contributed by atoms with Crippen molar-refractivity contribution in [2.24, 2.45) is 0 Å². The molecule has 0 aliphatic rings. The van der Waals surface area contributed by atoms with Gasteiger partial charge in [0.25, 0.3) is 0 Å². The molecule has 5 heteroatoms. The number of pyridine rings is 4. The van der Waals surface area contributed by atoms with E-state index in [4.69, 9.17) is 10.1 Å². The molecule has 0 bridgehead atoms. The third kappa shape index (κ3) is 3.88. The van der Waals surface area contributed by atoms with E-state index in [2.05, 4.69) is 9.97 Å². The van der Waals surface area contributed by atoms with E-state index < -0.39 is 0 Å². The van der Waals surface area contributed by atoms with Crippen LogP contribution in [0.3, 0.4) is 0 Å². The van der Waals surface area contributed by atoms with Crippen molar-refractivity contribution in [2.75, 3.05) is 6.61 Å². The van der Waals surface area contributed by atoms with Crippen molar-refractivity contribution in [3.8, 4) is 33.9 Å². The molecule has 132 valence electrons. The first-order valence-electron chi connectivity index (χ1n) is 8.79. The maximum Gasteiger partial charge on any atom is 0.171 e. The lowest BCUT2D eigenvalue weighted by Crippen LogP contribution is -2.34. The van der Waals surface area contributed by atoms with Gasteiger partial charge < -0.3 is 5.11 Å². The van der Waals surface area contributed by atoms with Crippen LogP contribution >= 0.6 is 0 Å². The summed E-state index contributed by atoms with van der Waals surface area (Å²) in [5, 5.41) is 9.09. The predicted octanol–water partition coefficient (Wildman–Crippen LogP) is 3.15.